The number of fused-ring (bicyclic) bond motifs is 2. The van der Waals surface area contributed by atoms with Crippen LogP contribution in [0.4, 0.5) is 13.2 Å². The standard InChI is InChI=1S/C29H33F3N6O3S/c1-42(40,41)37-13-9-27-25(18-37)28(20-2-4-21(5-3-20)29(30,31)32)35-38(27)17-22(39)16-36-11-7-19(8-12-36)23-15-34-26-6-10-33-14-24(23)26/h2-6,10,14-15,19,22,34,39H,7-9,11-13,16-18H2,1H3. The minimum atomic E-state index is -4.46. The lowest BCUT2D eigenvalue weighted by atomic mass is 9.89. The minimum Gasteiger partial charge on any atom is -0.390 e. The van der Waals surface area contributed by atoms with Gasteiger partial charge in [0, 0.05) is 72.4 Å². The van der Waals surface area contributed by atoms with Crippen molar-refractivity contribution in [3.05, 3.63) is 71.3 Å². The van der Waals surface area contributed by atoms with Gasteiger partial charge in [-0.15, -0.1) is 0 Å². The van der Waals surface area contributed by atoms with Crippen LogP contribution in [0, 0.1) is 0 Å². The highest BCUT2D eigenvalue weighted by molar-refractivity contribution is 7.88. The molecule has 4 aromatic rings. The van der Waals surface area contributed by atoms with Gasteiger partial charge in [-0.25, -0.2) is 8.42 Å². The number of aromatic amines is 1. The van der Waals surface area contributed by atoms with Crippen molar-refractivity contribution in [2.75, 3.05) is 32.4 Å². The van der Waals surface area contributed by atoms with Crippen LogP contribution in [0.5, 0.6) is 0 Å². The zero-order valence-electron chi connectivity index (χ0n) is 23.2. The molecule has 1 fully saturated rings. The number of hydrogen-bond donors (Lipinski definition) is 2. The maximum atomic E-state index is 13.1. The third kappa shape index (κ3) is 5.83. The van der Waals surface area contributed by atoms with Crippen molar-refractivity contribution in [2.45, 2.75) is 50.6 Å². The van der Waals surface area contributed by atoms with Crippen molar-refractivity contribution in [3.63, 3.8) is 0 Å². The highest BCUT2D eigenvalue weighted by atomic mass is 32.2. The molecule has 1 saturated heterocycles. The van der Waals surface area contributed by atoms with Gasteiger partial charge >= 0.3 is 6.18 Å². The summed E-state index contributed by atoms with van der Waals surface area (Å²) in [6.07, 6.45) is 4.02. The smallest absolute Gasteiger partial charge is 0.390 e. The highest BCUT2D eigenvalue weighted by Gasteiger charge is 2.33. The summed E-state index contributed by atoms with van der Waals surface area (Å²) in [5, 5.41) is 16.9. The largest absolute Gasteiger partial charge is 0.416 e. The first-order valence-electron chi connectivity index (χ1n) is 14.0. The second kappa shape index (κ2) is 11.1. The molecule has 0 bridgehead atoms. The zero-order valence-corrected chi connectivity index (χ0v) is 24.0. The van der Waals surface area contributed by atoms with E-state index in [1.54, 1.807) is 10.9 Å². The maximum Gasteiger partial charge on any atom is 0.416 e. The van der Waals surface area contributed by atoms with Crippen LogP contribution >= 0.6 is 0 Å². The first-order valence-corrected chi connectivity index (χ1v) is 15.8. The molecule has 0 radical (unpaired) electrons. The molecule has 2 aliphatic rings. The molecule has 9 nitrogen and oxygen atoms in total. The Hall–Kier alpha value is -3.26. The molecule has 0 spiro atoms. The number of β-amino-alcohol motifs (C(OH)–C–C–N with tert-alkyl or cyclic N) is 1. The Morgan fingerprint density at radius 2 is 1.83 bits per heavy atom. The first kappa shape index (κ1) is 28.8. The second-order valence-corrected chi connectivity index (χ2v) is 13.3. The van der Waals surface area contributed by atoms with Gasteiger partial charge in [0.1, 0.15) is 0 Å². The Morgan fingerprint density at radius 1 is 1.10 bits per heavy atom. The van der Waals surface area contributed by atoms with E-state index < -0.39 is 27.9 Å². The molecule has 2 aliphatic heterocycles. The molecule has 2 N–H and O–H groups in total. The zero-order chi connectivity index (χ0) is 29.6. The number of sulfonamides is 1. The number of pyridine rings is 1. The van der Waals surface area contributed by atoms with Crippen LogP contribution in [-0.2, 0) is 35.7 Å². The molecular weight excluding hydrogens is 569 g/mol. The van der Waals surface area contributed by atoms with Crippen molar-refractivity contribution in [1.82, 2.24) is 29.0 Å². The van der Waals surface area contributed by atoms with Crippen LogP contribution in [0.3, 0.4) is 0 Å². The fourth-order valence-corrected chi connectivity index (χ4v) is 7.04. The van der Waals surface area contributed by atoms with Gasteiger partial charge in [-0.1, -0.05) is 12.1 Å². The number of rotatable bonds is 7. The molecule has 0 saturated carbocycles. The molecule has 3 aromatic heterocycles. The number of alkyl halides is 3. The monoisotopic (exact) mass is 602 g/mol. The van der Waals surface area contributed by atoms with Crippen LogP contribution in [0.2, 0.25) is 0 Å². The number of piperidine rings is 1. The van der Waals surface area contributed by atoms with Gasteiger partial charge in [-0.05, 0) is 55.6 Å². The fourth-order valence-electron chi connectivity index (χ4n) is 6.25. The molecule has 13 heteroatoms. The second-order valence-electron chi connectivity index (χ2n) is 11.3. The molecule has 5 heterocycles. The van der Waals surface area contributed by atoms with E-state index in [1.807, 2.05) is 12.3 Å². The SMILES string of the molecule is CS(=O)(=O)N1CCc2c(c(-c3ccc(C(F)(F)F)cc3)nn2CC(O)CN2CCC(c3c[nH]c4ccncc34)CC2)C1. The van der Waals surface area contributed by atoms with E-state index in [1.165, 1.54) is 22.0 Å². The molecule has 1 atom stereocenters. The summed E-state index contributed by atoms with van der Waals surface area (Å²) < 4.78 is 67.1. The van der Waals surface area contributed by atoms with E-state index in [2.05, 4.69) is 21.1 Å². The van der Waals surface area contributed by atoms with Crippen LogP contribution in [-0.4, -0.2) is 81.0 Å². The number of nitrogens with zero attached hydrogens (tertiary/aromatic N) is 5. The number of benzene rings is 1. The van der Waals surface area contributed by atoms with Crippen molar-refractivity contribution in [1.29, 1.82) is 0 Å². The Bertz CT molecular complexity index is 1670. The van der Waals surface area contributed by atoms with E-state index in [0.717, 1.165) is 60.9 Å². The molecule has 6 rings (SSSR count). The molecular formula is C29H33F3N6O3S. The first-order chi connectivity index (χ1) is 20.0. The molecule has 1 unspecified atom stereocenters. The Morgan fingerprint density at radius 3 is 2.52 bits per heavy atom. The lowest BCUT2D eigenvalue weighted by molar-refractivity contribution is -0.137. The normalized spacial score (nSPS) is 18.4. The lowest BCUT2D eigenvalue weighted by Crippen LogP contribution is -2.40. The number of halogens is 3. The number of likely N-dealkylation sites (tertiary alicyclic amines) is 1. The van der Waals surface area contributed by atoms with Crippen LogP contribution in [0.15, 0.2) is 48.9 Å². The summed E-state index contributed by atoms with van der Waals surface area (Å²) in [6, 6.07) is 6.70. The van der Waals surface area contributed by atoms with Crippen molar-refractivity contribution in [3.8, 4) is 11.3 Å². The van der Waals surface area contributed by atoms with Gasteiger partial charge in [0.15, 0.2) is 0 Å². The summed E-state index contributed by atoms with van der Waals surface area (Å²) in [6.45, 7) is 2.70. The van der Waals surface area contributed by atoms with E-state index >= 15 is 0 Å². The number of aromatic nitrogens is 4. The fraction of sp³-hybridized carbons (Fsp3) is 0.448. The number of aliphatic hydroxyl groups excluding tert-OH is 1. The van der Waals surface area contributed by atoms with E-state index in [0.29, 0.717) is 35.7 Å². The van der Waals surface area contributed by atoms with E-state index in [4.69, 9.17) is 5.10 Å². The van der Waals surface area contributed by atoms with Crippen molar-refractivity contribution < 1.29 is 26.7 Å². The van der Waals surface area contributed by atoms with Gasteiger partial charge in [-0.3, -0.25) is 9.67 Å². The third-order valence-electron chi connectivity index (χ3n) is 8.45. The summed E-state index contributed by atoms with van der Waals surface area (Å²) in [5.74, 6) is 0.415. The molecule has 42 heavy (non-hydrogen) atoms. The molecule has 0 aliphatic carbocycles. The van der Waals surface area contributed by atoms with Crippen LogP contribution < -0.4 is 0 Å². The number of nitrogens with one attached hydrogen (secondary N) is 1. The topological polar surface area (TPSA) is 107 Å². The molecule has 224 valence electrons. The lowest BCUT2D eigenvalue weighted by Gasteiger charge is -2.33. The van der Waals surface area contributed by atoms with Crippen molar-refractivity contribution >= 4 is 20.9 Å². The minimum absolute atomic E-state index is 0.0808. The summed E-state index contributed by atoms with van der Waals surface area (Å²) in [7, 11) is -3.47. The van der Waals surface area contributed by atoms with Crippen molar-refractivity contribution in [2.24, 2.45) is 0 Å². The van der Waals surface area contributed by atoms with Gasteiger partial charge in [0.2, 0.25) is 10.0 Å². The van der Waals surface area contributed by atoms with Crippen LogP contribution in [0.1, 0.15) is 41.1 Å². The Labute approximate surface area is 242 Å². The Kier molecular flexibility index (Phi) is 7.62. The quantitative estimate of drug-likeness (QED) is 0.331. The maximum absolute atomic E-state index is 13.1. The number of hydrogen-bond acceptors (Lipinski definition) is 6. The Balaban J connectivity index is 1.17. The van der Waals surface area contributed by atoms with Gasteiger partial charge in [-0.2, -0.15) is 22.6 Å². The highest BCUT2D eigenvalue weighted by Crippen LogP contribution is 2.35. The summed E-state index contributed by atoms with van der Waals surface area (Å²) in [4.78, 5) is 9.83. The number of aliphatic hydroxyl groups is 1. The van der Waals surface area contributed by atoms with Gasteiger partial charge in [0.25, 0.3) is 0 Å². The average molecular weight is 603 g/mol. The third-order valence-corrected chi connectivity index (χ3v) is 9.70. The average Bonchev–Trinajstić information content (AvgIpc) is 3.54. The molecule has 1 aromatic carbocycles. The predicted molar refractivity (Wildman–Crippen MR) is 152 cm³/mol. The van der Waals surface area contributed by atoms with Crippen LogP contribution in [0.25, 0.3) is 22.2 Å². The molecule has 0 amide bonds. The van der Waals surface area contributed by atoms with E-state index in [-0.39, 0.29) is 19.6 Å². The van der Waals surface area contributed by atoms with E-state index in [9.17, 15) is 26.7 Å². The van der Waals surface area contributed by atoms with Gasteiger partial charge in [0.05, 0.1) is 30.2 Å². The predicted octanol–water partition coefficient (Wildman–Crippen LogP) is 4.00. The van der Waals surface area contributed by atoms with Gasteiger partial charge < -0.3 is 15.0 Å². The summed E-state index contributed by atoms with van der Waals surface area (Å²) in [5.41, 5.74) is 3.96. The number of H-pyrrole nitrogens is 1. The summed E-state index contributed by atoms with van der Waals surface area (Å²) >= 11 is 0.